The first kappa shape index (κ1) is 11.3. The van der Waals surface area contributed by atoms with Crippen molar-refractivity contribution >= 4 is 6.29 Å². The number of carbonyl (C=O) groups is 1. The Morgan fingerprint density at radius 1 is 1.47 bits per heavy atom. The van der Waals surface area contributed by atoms with Crippen LogP contribution in [0.3, 0.4) is 0 Å². The van der Waals surface area contributed by atoms with Gasteiger partial charge in [0.1, 0.15) is 0 Å². The van der Waals surface area contributed by atoms with Crippen LogP contribution in [-0.2, 0) is 0 Å². The van der Waals surface area contributed by atoms with Gasteiger partial charge in [0.15, 0.2) is 11.8 Å². The minimum atomic E-state index is -4.83. The Morgan fingerprint density at radius 3 is 2.60 bits per heavy atom. The fourth-order valence-electron chi connectivity index (χ4n) is 0.916. The summed E-state index contributed by atoms with van der Waals surface area (Å²) in [5.74, 6) is 0. The maximum absolute atomic E-state index is 11.9. The lowest BCUT2D eigenvalue weighted by Gasteiger charge is -2.11. The lowest BCUT2D eigenvalue weighted by Crippen LogP contribution is -2.35. The Labute approximate surface area is 82.6 Å². The summed E-state index contributed by atoms with van der Waals surface area (Å²) >= 11 is 0. The number of pyridine rings is 1. The average molecular weight is 220 g/mol. The molecule has 0 bridgehead atoms. The van der Waals surface area contributed by atoms with Crippen molar-refractivity contribution in [3.05, 3.63) is 29.4 Å². The third-order valence-electron chi connectivity index (χ3n) is 1.48. The number of hydrogen-bond acceptors (Lipinski definition) is 3. The van der Waals surface area contributed by atoms with Crippen molar-refractivity contribution in [1.29, 1.82) is 0 Å². The van der Waals surface area contributed by atoms with E-state index in [4.69, 9.17) is 0 Å². The van der Waals surface area contributed by atoms with Crippen molar-refractivity contribution < 1.29 is 22.8 Å². The second kappa shape index (κ2) is 4.16. The van der Waals surface area contributed by atoms with Gasteiger partial charge in [-0.25, -0.2) is 0 Å². The standard InChI is InChI=1S/C8H7F3N2O2/c1-12-7-3-2-6(5-14)4-13(7)15-8(9,10)11/h2-5H,1H3/b12-7-. The number of aromatic nitrogens is 1. The van der Waals surface area contributed by atoms with E-state index in [9.17, 15) is 18.0 Å². The van der Waals surface area contributed by atoms with Crippen LogP contribution < -0.4 is 10.3 Å². The van der Waals surface area contributed by atoms with E-state index in [0.29, 0.717) is 11.0 Å². The fraction of sp³-hybridized carbons (Fsp3) is 0.250. The van der Waals surface area contributed by atoms with Crippen LogP contribution in [0.25, 0.3) is 0 Å². The van der Waals surface area contributed by atoms with Gasteiger partial charge in [-0.05, 0) is 12.1 Å². The van der Waals surface area contributed by atoms with E-state index < -0.39 is 6.36 Å². The van der Waals surface area contributed by atoms with Gasteiger partial charge in [-0.15, -0.1) is 13.2 Å². The molecule has 0 amide bonds. The molecule has 1 aromatic rings. The van der Waals surface area contributed by atoms with E-state index in [1.54, 1.807) is 0 Å². The Hall–Kier alpha value is -1.79. The molecule has 0 spiro atoms. The van der Waals surface area contributed by atoms with Crippen molar-refractivity contribution in [2.45, 2.75) is 6.36 Å². The number of rotatable bonds is 2. The molecule has 1 rings (SSSR count). The zero-order valence-electron chi connectivity index (χ0n) is 7.65. The highest BCUT2D eigenvalue weighted by Crippen LogP contribution is 2.11. The van der Waals surface area contributed by atoms with Gasteiger partial charge in [0.25, 0.3) is 0 Å². The fourth-order valence-corrected chi connectivity index (χ4v) is 0.916. The lowest BCUT2D eigenvalue weighted by atomic mass is 10.3. The van der Waals surface area contributed by atoms with Gasteiger partial charge in [-0.1, -0.05) is 0 Å². The van der Waals surface area contributed by atoms with Gasteiger partial charge in [0.2, 0.25) is 0 Å². The maximum atomic E-state index is 11.9. The molecule has 0 saturated heterocycles. The van der Waals surface area contributed by atoms with E-state index in [1.807, 2.05) is 0 Å². The number of halogens is 3. The normalized spacial score (nSPS) is 12.7. The minimum Gasteiger partial charge on any atom is -0.312 e. The molecule has 82 valence electrons. The van der Waals surface area contributed by atoms with Crippen LogP contribution in [0.1, 0.15) is 10.4 Å². The van der Waals surface area contributed by atoms with Gasteiger partial charge in [-0.3, -0.25) is 9.79 Å². The van der Waals surface area contributed by atoms with Crippen LogP contribution in [-0.4, -0.2) is 24.4 Å². The molecule has 1 heterocycles. The van der Waals surface area contributed by atoms with Gasteiger partial charge < -0.3 is 4.84 Å². The zero-order valence-corrected chi connectivity index (χ0v) is 7.65. The largest absolute Gasteiger partial charge is 0.591 e. The number of alkyl halides is 3. The average Bonchev–Trinajstić information content (AvgIpc) is 2.15. The van der Waals surface area contributed by atoms with Crippen molar-refractivity contribution in [2.24, 2.45) is 4.99 Å². The second-order valence-corrected chi connectivity index (χ2v) is 2.52. The monoisotopic (exact) mass is 220 g/mol. The van der Waals surface area contributed by atoms with Crippen LogP contribution in [0.5, 0.6) is 0 Å². The SMILES string of the molecule is C/N=c1/ccc(C=O)cn1OC(F)(F)F. The van der Waals surface area contributed by atoms with Crippen LogP contribution in [0.4, 0.5) is 13.2 Å². The number of hydrogen-bond donors (Lipinski definition) is 0. The Morgan fingerprint density at radius 2 is 2.13 bits per heavy atom. The van der Waals surface area contributed by atoms with Gasteiger partial charge >= 0.3 is 6.36 Å². The molecule has 0 unspecified atom stereocenters. The van der Waals surface area contributed by atoms with Crippen molar-refractivity contribution in [3.8, 4) is 0 Å². The van der Waals surface area contributed by atoms with E-state index in [2.05, 4.69) is 9.83 Å². The Balaban J connectivity index is 3.19. The molecule has 0 fully saturated rings. The molecule has 0 aromatic carbocycles. The highest BCUT2D eigenvalue weighted by molar-refractivity contribution is 5.73. The first-order valence-electron chi connectivity index (χ1n) is 3.83. The molecule has 0 atom stereocenters. The van der Waals surface area contributed by atoms with Crippen LogP contribution in [0, 0.1) is 0 Å². The Kier molecular flexibility index (Phi) is 3.13. The third-order valence-corrected chi connectivity index (χ3v) is 1.48. The second-order valence-electron chi connectivity index (χ2n) is 2.52. The molecule has 4 nitrogen and oxygen atoms in total. The quantitative estimate of drug-likeness (QED) is 0.691. The van der Waals surface area contributed by atoms with Crippen LogP contribution in [0.15, 0.2) is 23.3 Å². The molecule has 0 saturated carbocycles. The first-order chi connectivity index (χ1) is 6.96. The summed E-state index contributed by atoms with van der Waals surface area (Å²) in [7, 11) is 1.31. The zero-order chi connectivity index (χ0) is 11.5. The van der Waals surface area contributed by atoms with E-state index >= 15 is 0 Å². The summed E-state index contributed by atoms with van der Waals surface area (Å²) in [6, 6.07) is 2.58. The van der Waals surface area contributed by atoms with E-state index in [1.165, 1.54) is 19.2 Å². The van der Waals surface area contributed by atoms with Crippen molar-refractivity contribution in [2.75, 3.05) is 7.05 Å². The molecule has 1 aromatic heterocycles. The molecule has 0 aliphatic heterocycles. The molecule has 7 heteroatoms. The van der Waals surface area contributed by atoms with Gasteiger partial charge in [-0.2, -0.15) is 4.73 Å². The first-order valence-corrected chi connectivity index (χ1v) is 3.83. The summed E-state index contributed by atoms with van der Waals surface area (Å²) < 4.78 is 36.2. The molecular formula is C8H7F3N2O2. The molecule has 0 aliphatic carbocycles. The maximum Gasteiger partial charge on any atom is 0.591 e. The lowest BCUT2D eigenvalue weighted by molar-refractivity contribution is -0.324. The summed E-state index contributed by atoms with van der Waals surface area (Å²) in [4.78, 5) is 17.5. The molecule has 15 heavy (non-hydrogen) atoms. The molecule has 0 aliphatic rings. The topological polar surface area (TPSA) is 43.6 Å². The number of nitrogens with zero attached hydrogens (tertiary/aromatic N) is 2. The Bertz CT molecular complexity index is 423. The predicted octanol–water partition coefficient (Wildman–Crippen LogP) is 0.779. The molecule has 0 radical (unpaired) electrons. The number of carbonyl (C=O) groups excluding carboxylic acids is 1. The van der Waals surface area contributed by atoms with Crippen molar-refractivity contribution in [1.82, 2.24) is 4.73 Å². The highest BCUT2D eigenvalue weighted by Gasteiger charge is 2.32. The summed E-state index contributed by atoms with van der Waals surface area (Å²) in [6.45, 7) is 0. The van der Waals surface area contributed by atoms with Crippen molar-refractivity contribution in [3.63, 3.8) is 0 Å². The molecular weight excluding hydrogens is 213 g/mol. The van der Waals surface area contributed by atoms with Crippen LogP contribution in [0.2, 0.25) is 0 Å². The van der Waals surface area contributed by atoms with E-state index in [0.717, 1.165) is 6.20 Å². The number of aldehydes is 1. The molecule has 0 N–H and O–H groups in total. The van der Waals surface area contributed by atoms with Gasteiger partial charge in [0.05, 0.1) is 6.20 Å². The summed E-state index contributed by atoms with van der Waals surface area (Å²) in [6.07, 6.45) is -3.51. The summed E-state index contributed by atoms with van der Waals surface area (Å²) in [5, 5.41) is 0. The minimum absolute atomic E-state index is 0.0436. The highest BCUT2D eigenvalue weighted by atomic mass is 19.4. The third kappa shape index (κ3) is 3.12. The van der Waals surface area contributed by atoms with Gasteiger partial charge in [0, 0.05) is 12.6 Å². The van der Waals surface area contributed by atoms with E-state index in [-0.39, 0.29) is 11.1 Å². The van der Waals surface area contributed by atoms with Crippen LogP contribution >= 0.6 is 0 Å². The summed E-state index contributed by atoms with van der Waals surface area (Å²) in [5.41, 5.74) is 0.0181. The predicted molar refractivity (Wildman–Crippen MR) is 43.9 cm³/mol. The smallest absolute Gasteiger partial charge is 0.312 e.